The largest absolute Gasteiger partial charge is 0.496 e. The second-order valence-electron chi connectivity index (χ2n) is 9.06. The molecule has 1 fully saturated rings. The predicted octanol–water partition coefficient (Wildman–Crippen LogP) is 0.386. The minimum atomic E-state index is -1.27. The summed E-state index contributed by atoms with van der Waals surface area (Å²) in [5, 5.41) is 8.62. The monoisotopic (exact) mass is 485 g/mol. The molecule has 3 rings (SSSR count). The van der Waals surface area contributed by atoms with E-state index in [1.165, 1.54) is 7.11 Å². The highest BCUT2D eigenvalue weighted by molar-refractivity contribution is 6.38. The Bertz CT molecular complexity index is 1140. The second-order valence-corrected chi connectivity index (χ2v) is 9.06. The molecule has 4 amide bonds. The number of rotatable bonds is 11. The van der Waals surface area contributed by atoms with Gasteiger partial charge in [-0.05, 0) is 43.4 Å². The molecule has 1 aromatic carbocycles. The van der Waals surface area contributed by atoms with Crippen LogP contribution in [0.1, 0.15) is 43.6 Å². The molecule has 3 atom stereocenters. The Kier molecular flexibility index (Phi) is 8.10. The molecule has 11 nitrogen and oxygen atoms in total. The Morgan fingerprint density at radius 1 is 1.17 bits per heavy atom. The Balaban J connectivity index is 1.78. The number of carbonyl (C=O) groups is 5. The molecule has 11 heteroatoms. The zero-order valence-electron chi connectivity index (χ0n) is 20.0. The average Bonchev–Trinajstić information content (AvgIpc) is 3.43. The van der Waals surface area contributed by atoms with E-state index < -0.39 is 41.5 Å². The van der Waals surface area contributed by atoms with Gasteiger partial charge in [0.15, 0.2) is 0 Å². The van der Waals surface area contributed by atoms with Crippen LogP contribution in [-0.4, -0.2) is 60.1 Å². The molecule has 2 heterocycles. The number of aromatic amines is 1. The van der Waals surface area contributed by atoms with Gasteiger partial charge in [-0.2, -0.15) is 0 Å². The van der Waals surface area contributed by atoms with Crippen molar-refractivity contribution >= 4 is 40.3 Å². The van der Waals surface area contributed by atoms with E-state index in [1.54, 1.807) is 24.3 Å². The first kappa shape index (κ1) is 25.7. The number of fused-ring (bicyclic) bond motifs is 1. The van der Waals surface area contributed by atoms with E-state index in [0.29, 0.717) is 29.6 Å². The van der Waals surface area contributed by atoms with Gasteiger partial charge in [0.2, 0.25) is 17.6 Å². The molecule has 0 aliphatic carbocycles. The molecular formula is C24H31N5O6. The van der Waals surface area contributed by atoms with Crippen molar-refractivity contribution in [2.24, 2.45) is 17.6 Å². The summed E-state index contributed by atoms with van der Waals surface area (Å²) in [7, 11) is 1.53. The zero-order valence-corrected chi connectivity index (χ0v) is 20.0. The molecule has 2 aromatic rings. The van der Waals surface area contributed by atoms with Crippen LogP contribution in [0, 0.1) is 11.8 Å². The SMILES string of the molecule is COc1cccc2[nH]c(C(=O)N[C@@H](CC(C)C)C(=O)N[C@@H](C[C@@H]3CCNC3=O)C(=O)C(N)=O)cc12. The van der Waals surface area contributed by atoms with E-state index in [4.69, 9.17) is 10.5 Å². The van der Waals surface area contributed by atoms with E-state index in [1.807, 2.05) is 13.8 Å². The maximum atomic E-state index is 13.1. The van der Waals surface area contributed by atoms with Crippen molar-refractivity contribution in [3.8, 4) is 5.75 Å². The number of benzene rings is 1. The number of H-pyrrole nitrogens is 1. The third-order valence-electron chi connectivity index (χ3n) is 5.98. The van der Waals surface area contributed by atoms with Gasteiger partial charge in [-0.25, -0.2) is 0 Å². The van der Waals surface area contributed by atoms with Gasteiger partial charge < -0.3 is 31.4 Å². The highest BCUT2D eigenvalue weighted by Gasteiger charge is 2.35. The first-order valence-corrected chi connectivity index (χ1v) is 11.5. The van der Waals surface area contributed by atoms with E-state index in [9.17, 15) is 24.0 Å². The second kappa shape index (κ2) is 11.0. The number of primary amides is 1. The van der Waals surface area contributed by atoms with E-state index >= 15 is 0 Å². The lowest BCUT2D eigenvalue weighted by Gasteiger charge is -2.24. The number of hydrogen-bond donors (Lipinski definition) is 5. The van der Waals surface area contributed by atoms with Crippen molar-refractivity contribution in [3.63, 3.8) is 0 Å². The van der Waals surface area contributed by atoms with Crippen LogP contribution in [0.5, 0.6) is 5.75 Å². The zero-order chi connectivity index (χ0) is 25.7. The molecule has 35 heavy (non-hydrogen) atoms. The van der Waals surface area contributed by atoms with Crippen molar-refractivity contribution in [3.05, 3.63) is 30.0 Å². The van der Waals surface area contributed by atoms with Crippen molar-refractivity contribution in [1.29, 1.82) is 0 Å². The smallest absolute Gasteiger partial charge is 0.287 e. The molecule has 6 N–H and O–H groups in total. The summed E-state index contributed by atoms with van der Waals surface area (Å²) < 4.78 is 5.33. The maximum Gasteiger partial charge on any atom is 0.287 e. The minimum absolute atomic E-state index is 0.0276. The molecular weight excluding hydrogens is 454 g/mol. The van der Waals surface area contributed by atoms with E-state index in [2.05, 4.69) is 20.9 Å². The number of Topliss-reactive ketones (excluding diaryl/α,β-unsaturated/α-hetero) is 1. The normalized spacial score (nSPS) is 17.0. The molecule has 1 aromatic heterocycles. The number of aromatic nitrogens is 1. The van der Waals surface area contributed by atoms with Gasteiger partial charge in [0.05, 0.1) is 13.2 Å². The standard InChI is InChI=1S/C24H31N5O6/c1-12(2)9-17(29-24(34)18-11-14-15(27-18)5-4-6-19(14)35-3)23(33)28-16(20(30)21(25)31)10-13-7-8-26-22(13)32/h4-6,11-13,16-17,27H,7-10H2,1-3H3,(H2,25,31)(H,26,32)(H,28,33)(H,29,34)/t13-,16-,17-/m0/s1. The van der Waals surface area contributed by atoms with Gasteiger partial charge in [0.1, 0.15) is 17.5 Å². The quantitative estimate of drug-likeness (QED) is 0.288. The summed E-state index contributed by atoms with van der Waals surface area (Å²) in [6.07, 6.45) is 0.708. The summed E-state index contributed by atoms with van der Waals surface area (Å²) >= 11 is 0. The molecule has 1 aliphatic rings. The summed E-state index contributed by atoms with van der Waals surface area (Å²) in [6, 6.07) is 4.73. The fourth-order valence-electron chi connectivity index (χ4n) is 4.20. The van der Waals surface area contributed by atoms with Crippen LogP contribution in [0.3, 0.4) is 0 Å². The minimum Gasteiger partial charge on any atom is -0.496 e. The van der Waals surface area contributed by atoms with Crippen molar-refractivity contribution in [2.45, 2.75) is 45.2 Å². The maximum absolute atomic E-state index is 13.1. The number of nitrogens with one attached hydrogen (secondary N) is 4. The first-order chi connectivity index (χ1) is 16.6. The van der Waals surface area contributed by atoms with Crippen LogP contribution in [0.25, 0.3) is 10.9 Å². The number of amides is 4. The summed E-state index contributed by atoms with van der Waals surface area (Å²) in [5.74, 6) is -3.50. The number of ketones is 1. The fraction of sp³-hybridized carbons (Fsp3) is 0.458. The third kappa shape index (κ3) is 6.17. The Morgan fingerprint density at radius 3 is 2.51 bits per heavy atom. The van der Waals surface area contributed by atoms with Crippen molar-refractivity contribution in [1.82, 2.24) is 20.9 Å². The summed E-state index contributed by atoms with van der Waals surface area (Å²) in [4.78, 5) is 65.1. The Morgan fingerprint density at radius 2 is 1.91 bits per heavy atom. The van der Waals surface area contributed by atoms with Crippen LogP contribution in [0.15, 0.2) is 24.3 Å². The highest BCUT2D eigenvalue weighted by Crippen LogP contribution is 2.26. The lowest BCUT2D eigenvalue weighted by molar-refractivity contribution is -0.139. The number of nitrogens with two attached hydrogens (primary N) is 1. The van der Waals surface area contributed by atoms with Gasteiger partial charge in [-0.15, -0.1) is 0 Å². The van der Waals surface area contributed by atoms with E-state index in [0.717, 1.165) is 0 Å². The number of ether oxygens (including phenoxy) is 1. The number of hydrogen-bond acceptors (Lipinski definition) is 6. The van der Waals surface area contributed by atoms with Crippen LogP contribution in [-0.2, 0) is 19.2 Å². The number of methoxy groups -OCH3 is 1. The lowest BCUT2D eigenvalue weighted by Crippen LogP contribution is -2.54. The summed E-state index contributed by atoms with van der Waals surface area (Å²) in [5.41, 5.74) is 6.10. The molecule has 0 unspecified atom stereocenters. The van der Waals surface area contributed by atoms with Crippen LogP contribution >= 0.6 is 0 Å². The lowest BCUT2D eigenvalue weighted by atomic mass is 9.94. The Hall–Kier alpha value is -3.89. The van der Waals surface area contributed by atoms with Crippen molar-refractivity contribution < 1.29 is 28.7 Å². The van der Waals surface area contributed by atoms with Crippen molar-refractivity contribution in [2.75, 3.05) is 13.7 Å². The van der Waals surface area contributed by atoms with E-state index in [-0.39, 0.29) is 30.4 Å². The molecule has 1 aliphatic heterocycles. The van der Waals surface area contributed by atoms with Gasteiger partial charge in [-0.1, -0.05) is 19.9 Å². The Labute approximate surface area is 202 Å². The summed E-state index contributed by atoms with van der Waals surface area (Å²) in [6.45, 7) is 4.22. The number of carbonyl (C=O) groups excluding carboxylic acids is 5. The predicted molar refractivity (Wildman–Crippen MR) is 127 cm³/mol. The van der Waals surface area contributed by atoms with Gasteiger partial charge in [0.25, 0.3) is 11.8 Å². The molecule has 188 valence electrons. The van der Waals surface area contributed by atoms with Gasteiger partial charge >= 0.3 is 0 Å². The van der Waals surface area contributed by atoms with Crippen LogP contribution in [0.2, 0.25) is 0 Å². The average molecular weight is 486 g/mol. The topological polar surface area (TPSA) is 172 Å². The van der Waals surface area contributed by atoms with Gasteiger partial charge in [-0.3, -0.25) is 24.0 Å². The van der Waals surface area contributed by atoms with Crippen LogP contribution < -0.4 is 26.4 Å². The molecule has 1 saturated heterocycles. The molecule has 0 spiro atoms. The third-order valence-corrected chi connectivity index (χ3v) is 5.98. The van der Waals surface area contributed by atoms with Crippen LogP contribution in [0.4, 0.5) is 0 Å². The first-order valence-electron chi connectivity index (χ1n) is 11.5. The van der Waals surface area contributed by atoms with Gasteiger partial charge in [0, 0.05) is 23.4 Å². The molecule has 0 radical (unpaired) electrons. The molecule has 0 bridgehead atoms. The fourth-order valence-corrected chi connectivity index (χ4v) is 4.20. The highest BCUT2D eigenvalue weighted by atomic mass is 16.5. The molecule has 0 saturated carbocycles.